The number of amides is 1. The van der Waals surface area contributed by atoms with Crippen molar-refractivity contribution in [1.29, 1.82) is 0 Å². The van der Waals surface area contributed by atoms with Crippen molar-refractivity contribution in [3.05, 3.63) is 27.8 Å². The second-order valence-electron chi connectivity index (χ2n) is 2.94. The summed E-state index contributed by atoms with van der Waals surface area (Å²) in [4.78, 5) is 22.5. The number of carbonyl (C=O) groups is 1. The van der Waals surface area contributed by atoms with Crippen LogP contribution >= 0.6 is 0 Å². The molecule has 0 aromatic carbocycles. The molecule has 0 aliphatic carbocycles. The van der Waals surface area contributed by atoms with Crippen LogP contribution in [0.5, 0.6) is 5.75 Å². The van der Waals surface area contributed by atoms with E-state index in [1.807, 2.05) is 0 Å². The number of rotatable bonds is 3. The number of hydrogen-bond donors (Lipinski definition) is 3. The number of aromatic hydroxyl groups is 1. The third-order valence-electron chi connectivity index (χ3n) is 1.68. The highest BCUT2D eigenvalue weighted by Crippen LogP contribution is 2.12. The third kappa shape index (κ3) is 2.57. The lowest BCUT2D eigenvalue weighted by Crippen LogP contribution is -2.29. The summed E-state index contributed by atoms with van der Waals surface area (Å²) in [5.74, 6) is -1.46. The quantitative estimate of drug-likeness (QED) is 0.617. The minimum Gasteiger partial charge on any atom is -0.501 e. The Balaban J connectivity index is 3.03. The van der Waals surface area contributed by atoms with Gasteiger partial charge in [-0.1, -0.05) is 0 Å². The van der Waals surface area contributed by atoms with Crippen LogP contribution in [0.4, 0.5) is 0 Å². The molecule has 0 aliphatic heterocycles. The lowest BCUT2D eigenvalue weighted by atomic mass is 10.3. The molecule has 1 heterocycles. The summed E-state index contributed by atoms with van der Waals surface area (Å²) in [6.07, 6.45) is 0. The molecule has 0 atom stereocenters. The van der Waals surface area contributed by atoms with E-state index in [-0.39, 0.29) is 24.6 Å². The summed E-state index contributed by atoms with van der Waals surface area (Å²) in [5, 5.41) is 11.7. The Morgan fingerprint density at radius 2 is 2.33 bits per heavy atom. The highest BCUT2D eigenvalue weighted by Gasteiger charge is 2.16. The normalized spacial score (nSPS) is 10.0. The largest absolute Gasteiger partial charge is 0.501 e. The first-order valence-corrected chi connectivity index (χ1v) is 4.38. The van der Waals surface area contributed by atoms with Crippen molar-refractivity contribution in [2.45, 2.75) is 6.92 Å². The molecular formula is C9H12N2O4. The fourth-order valence-corrected chi connectivity index (χ4v) is 1.02. The van der Waals surface area contributed by atoms with E-state index >= 15 is 0 Å². The highest BCUT2D eigenvalue weighted by molar-refractivity contribution is 5.93. The van der Waals surface area contributed by atoms with Crippen LogP contribution in [-0.4, -0.2) is 24.1 Å². The lowest BCUT2D eigenvalue weighted by molar-refractivity contribution is 0.0917. The van der Waals surface area contributed by atoms with Gasteiger partial charge in [0.1, 0.15) is 5.76 Å². The molecule has 0 saturated heterocycles. The zero-order valence-corrected chi connectivity index (χ0v) is 8.24. The fourth-order valence-electron chi connectivity index (χ4n) is 1.02. The van der Waals surface area contributed by atoms with Crippen molar-refractivity contribution in [3.63, 3.8) is 0 Å². The standard InChI is InChI=1S/C9H12N2O4/c1-5-4-6(12)7(13)8(15-5)9(14)11-3-2-10/h4,13H,2-3,10H2,1H3,(H,11,14). The molecule has 0 saturated carbocycles. The van der Waals surface area contributed by atoms with Crippen molar-refractivity contribution < 1.29 is 14.3 Å². The van der Waals surface area contributed by atoms with Gasteiger partial charge < -0.3 is 20.6 Å². The summed E-state index contributed by atoms with van der Waals surface area (Å²) < 4.78 is 4.94. The van der Waals surface area contributed by atoms with E-state index in [2.05, 4.69) is 5.32 Å². The minimum atomic E-state index is -0.685. The van der Waals surface area contributed by atoms with E-state index in [1.165, 1.54) is 6.92 Å². The smallest absolute Gasteiger partial charge is 0.291 e. The van der Waals surface area contributed by atoms with Gasteiger partial charge in [0.05, 0.1) is 0 Å². The molecule has 0 bridgehead atoms. The van der Waals surface area contributed by atoms with Crippen LogP contribution in [0.15, 0.2) is 15.3 Å². The molecule has 1 aromatic rings. The minimum absolute atomic E-state index is 0.246. The van der Waals surface area contributed by atoms with E-state index < -0.39 is 17.1 Å². The first-order chi connectivity index (χ1) is 7.06. The van der Waals surface area contributed by atoms with Crippen LogP contribution in [-0.2, 0) is 0 Å². The maximum absolute atomic E-state index is 11.4. The van der Waals surface area contributed by atoms with Crippen molar-refractivity contribution in [2.75, 3.05) is 13.1 Å². The van der Waals surface area contributed by atoms with Crippen LogP contribution in [0.3, 0.4) is 0 Å². The van der Waals surface area contributed by atoms with Crippen LogP contribution in [0.1, 0.15) is 16.3 Å². The average Bonchev–Trinajstić information content (AvgIpc) is 2.19. The van der Waals surface area contributed by atoms with Crippen LogP contribution in [0.2, 0.25) is 0 Å². The zero-order valence-electron chi connectivity index (χ0n) is 8.24. The number of aryl methyl sites for hydroxylation is 1. The van der Waals surface area contributed by atoms with Crippen LogP contribution < -0.4 is 16.5 Å². The Bertz CT molecular complexity index is 425. The lowest BCUT2D eigenvalue weighted by Gasteiger charge is -2.04. The van der Waals surface area contributed by atoms with Crippen LogP contribution in [0, 0.1) is 6.92 Å². The Kier molecular flexibility index (Phi) is 3.46. The zero-order chi connectivity index (χ0) is 11.4. The third-order valence-corrected chi connectivity index (χ3v) is 1.68. The van der Waals surface area contributed by atoms with Crippen molar-refractivity contribution in [3.8, 4) is 5.75 Å². The predicted octanol–water partition coefficient (Wildman–Crippen LogP) is -0.658. The monoisotopic (exact) mass is 212 g/mol. The molecule has 6 heteroatoms. The van der Waals surface area contributed by atoms with Gasteiger partial charge in [0.15, 0.2) is 0 Å². The SMILES string of the molecule is Cc1cc(=O)c(O)c(C(=O)NCCN)o1. The Labute approximate surface area is 85.7 Å². The van der Waals surface area contributed by atoms with E-state index in [0.29, 0.717) is 0 Å². The highest BCUT2D eigenvalue weighted by atomic mass is 16.4. The van der Waals surface area contributed by atoms with E-state index in [0.717, 1.165) is 6.07 Å². The van der Waals surface area contributed by atoms with Gasteiger partial charge in [-0.05, 0) is 6.92 Å². The molecule has 0 unspecified atom stereocenters. The number of nitrogens with two attached hydrogens (primary N) is 1. The van der Waals surface area contributed by atoms with Crippen molar-refractivity contribution in [2.24, 2.45) is 5.73 Å². The van der Waals surface area contributed by atoms with E-state index in [9.17, 15) is 14.7 Å². The molecule has 1 aromatic heterocycles. The molecule has 0 fully saturated rings. The summed E-state index contributed by atoms with van der Waals surface area (Å²) in [5.41, 5.74) is 4.54. The van der Waals surface area contributed by atoms with Crippen molar-refractivity contribution in [1.82, 2.24) is 5.32 Å². The summed E-state index contributed by atoms with van der Waals surface area (Å²) in [6.45, 7) is 2.03. The summed E-state index contributed by atoms with van der Waals surface area (Å²) in [7, 11) is 0. The number of carbonyl (C=O) groups excluding carboxylic acids is 1. The number of nitrogens with one attached hydrogen (secondary N) is 1. The van der Waals surface area contributed by atoms with Gasteiger partial charge in [-0.3, -0.25) is 9.59 Å². The first kappa shape index (κ1) is 11.3. The Morgan fingerprint density at radius 3 is 2.93 bits per heavy atom. The molecule has 4 N–H and O–H groups in total. The molecule has 1 rings (SSSR count). The molecule has 1 amide bonds. The van der Waals surface area contributed by atoms with Gasteiger partial charge in [-0.15, -0.1) is 0 Å². The van der Waals surface area contributed by atoms with E-state index in [1.54, 1.807) is 0 Å². The topological polar surface area (TPSA) is 106 Å². The van der Waals surface area contributed by atoms with E-state index in [4.69, 9.17) is 10.2 Å². The van der Waals surface area contributed by atoms with Gasteiger partial charge >= 0.3 is 0 Å². The Morgan fingerprint density at radius 1 is 1.67 bits per heavy atom. The predicted molar refractivity (Wildman–Crippen MR) is 52.8 cm³/mol. The summed E-state index contributed by atoms with van der Waals surface area (Å²) in [6, 6.07) is 1.11. The summed E-state index contributed by atoms with van der Waals surface area (Å²) >= 11 is 0. The Hall–Kier alpha value is -1.82. The fraction of sp³-hybridized carbons (Fsp3) is 0.333. The molecule has 15 heavy (non-hydrogen) atoms. The average molecular weight is 212 g/mol. The molecule has 6 nitrogen and oxygen atoms in total. The maximum Gasteiger partial charge on any atom is 0.291 e. The van der Waals surface area contributed by atoms with Gasteiger partial charge in [0.25, 0.3) is 5.91 Å². The van der Waals surface area contributed by atoms with Crippen LogP contribution in [0.25, 0.3) is 0 Å². The van der Waals surface area contributed by atoms with Gasteiger partial charge in [0, 0.05) is 19.2 Å². The first-order valence-electron chi connectivity index (χ1n) is 4.38. The second-order valence-corrected chi connectivity index (χ2v) is 2.94. The molecule has 82 valence electrons. The maximum atomic E-state index is 11.4. The number of hydrogen-bond acceptors (Lipinski definition) is 5. The molecule has 0 aliphatic rings. The molecule has 0 radical (unpaired) electrons. The van der Waals surface area contributed by atoms with Gasteiger partial charge in [-0.2, -0.15) is 0 Å². The van der Waals surface area contributed by atoms with Gasteiger partial charge in [-0.25, -0.2) is 0 Å². The second kappa shape index (κ2) is 4.61. The van der Waals surface area contributed by atoms with Crippen molar-refractivity contribution >= 4 is 5.91 Å². The molecule has 0 spiro atoms. The molecular weight excluding hydrogens is 200 g/mol. The van der Waals surface area contributed by atoms with Gasteiger partial charge in [0.2, 0.25) is 16.9 Å².